The third-order valence-electron chi connectivity index (χ3n) is 2.77. The van der Waals surface area contributed by atoms with Crippen molar-refractivity contribution in [3.8, 4) is 6.07 Å². The molecule has 18 heavy (non-hydrogen) atoms. The normalized spacial score (nSPS) is 11.6. The molecule has 1 N–H and O–H groups in total. The Balaban J connectivity index is 2.18. The first-order valence-corrected chi connectivity index (χ1v) is 5.72. The third kappa shape index (κ3) is 2.67. The van der Waals surface area contributed by atoms with Gasteiger partial charge in [0.15, 0.2) is 0 Å². The Kier molecular flexibility index (Phi) is 3.59. The third-order valence-corrected chi connectivity index (χ3v) is 2.77. The van der Waals surface area contributed by atoms with E-state index in [0.29, 0.717) is 11.3 Å². The quantitative estimate of drug-likeness (QED) is 0.884. The van der Waals surface area contributed by atoms with E-state index in [4.69, 9.17) is 5.26 Å². The van der Waals surface area contributed by atoms with Crippen LogP contribution in [0.25, 0.3) is 0 Å². The van der Waals surface area contributed by atoms with E-state index >= 15 is 0 Å². The van der Waals surface area contributed by atoms with Gasteiger partial charge in [0.2, 0.25) is 0 Å². The molecule has 0 bridgehead atoms. The summed E-state index contributed by atoms with van der Waals surface area (Å²) in [6.07, 6.45) is 0. The summed E-state index contributed by atoms with van der Waals surface area (Å²) < 4.78 is 13.7. The monoisotopic (exact) mass is 240 g/mol. The number of halogens is 1. The molecule has 0 radical (unpaired) electrons. The van der Waals surface area contributed by atoms with Gasteiger partial charge in [0, 0.05) is 6.04 Å². The smallest absolute Gasteiger partial charge is 0.147 e. The molecule has 0 aliphatic heterocycles. The zero-order valence-corrected chi connectivity index (χ0v) is 10.0. The zero-order chi connectivity index (χ0) is 13.0. The van der Waals surface area contributed by atoms with Crippen molar-refractivity contribution in [2.24, 2.45) is 0 Å². The highest BCUT2D eigenvalue weighted by molar-refractivity contribution is 5.50. The molecular formula is C15H13FN2. The highest BCUT2D eigenvalue weighted by Gasteiger charge is 2.08. The second-order valence-corrected chi connectivity index (χ2v) is 4.08. The Labute approximate surface area is 106 Å². The fourth-order valence-corrected chi connectivity index (χ4v) is 1.76. The zero-order valence-electron chi connectivity index (χ0n) is 10.0. The van der Waals surface area contributed by atoms with Crippen LogP contribution in [0.3, 0.4) is 0 Å². The van der Waals surface area contributed by atoms with Gasteiger partial charge in [0.25, 0.3) is 0 Å². The average molecular weight is 240 g/mol. The van der Waals surface area contributed by atoms with E-state index in [1.165, 1.54) is 6.07 Å². The maximum absolute atomic E-state index is 13.7. The lowest BCUT2D eigenvalue weighted by Crippen LogP contribution is -2.07. The van der Waals surface area contributed by atoms with Crippen molar-refractivity contribution in [1.82, 2.24) is 0 Å². The maximum atomic E-state index is 13.7. The summed E-state index contributed by atoms with van der Waals surface area (Å²) in [6, 6.07) is 16.2. The first-order valence-electron chi connectivity index (χ1n) is 5.72. The summed E-state index contributed by atoms with van der Waals surface area (Å²) in [5.74, 6) is -0.406. The highest BCUT2D eigenvalue weighted by Crippen LogP contribution is 2.22. The molecule has 90 valence electrons. The molecule has 2 rings (SSSR count). The van der Waals surface area contributed by atoms with Crippen molar-refractivity contribution in [2.75, 3.05) is 5.32 Å². The molecule has 3 heteroatoms. The van der Waals surface area contributed by atoms with Crippen molar-refractivity contribution >= 4 is 5.69 Å². The Morgan fingerprint density at radius 2 is 1.89 bits per heavy atom. The van der Waals surface area contributed by atoms with E-state index in [-0.39, 0.29) is 6.04 Å². The highest BCUT2D eigenvalue weighted by atomic mass is 19.1. The summed E-state index contributed by atoms with van der Waals surface area (Å²) in [5.41, 5.74) is 1.82. The lowest BCUT2D eigenvalue weighted by atomic mass is 10.1. The number of hydrogen-bond acceptors (Lipinski definition) is 2. The van der Waals surface area contributed by atoms with Crippen molar-refractivity contribution in [3.63, 3.8) is 0 Å². The summed E-state index contributed by atoms with van der Waals surface area (Å²) in [6.45, 7) is 1.97. The molecule has 0 aliphatic rings. The van der Waals surface area contributed by atoms with Crippen LogP contribution in [0.2, 0.25) is 0 Å². The van der Waals surface area contributed by atoms with Crippen LogP contribution in [0.1, 0.15) is 24.1 Å². The van der Waals surface area contributed by atoms with Crippen LogP contribution in [-0.2, 0) is 0 Å². The first-order chi connectivity index (χ1) is 8.70. The van der Waals surface area contributed by atoms with Crippen LogP contribution in [0.15, 0.2) is 48.5 Å². The summed E-state index contributed by atoms with van der Waals surface area (Å²) >= 11 is 0. The van der Waals surface area contributed by atoms with Gasteiger partial charge >= 0.3 is 0 Å². The molecule has 0 spiro atoms. The van der Waals surface area contributed by atoms with Crippen molar-refractivity contribution in [3.05, 3.63) is 65.5 Å². The lowest BCUT2D eigenvalue weighted by molar-refractivity contribution is 0.627. The van der Waals surface area contributed by atoms with Gasteiger partial charge in [0.1, 0.15) is 5.82 Å². The molecule has 0 fully saturated rings. The van der Waals surface area contributed by atoms with Gasteiger partial charge in [-0.15, -0.1) is 0 Å². The molecule has 0 saturated heterocycles. The minimum absolute atomic E-state index is 0.00800. The minimum Gasteiger partial charge on any atom is -0.376 e. The van der Waals surface area contributed by atoms with Crippen LogP contribution in [0.4, 0.5) is 10.1 Å². The van der Waals surface area contributed by atoms with E-state index in [2.05, 4.69) is 5.32 Å². The molecule has 0 saturated carbocycles. The number of nitriles is 1. The molecule has 0 heterocycles. The van der Waals surface area contributed by atoms with Crippen LogP contribution in [-0.4, -0.2) is 0 Å². The Bertz CT molecular complexity index is 573. The molecule has 2 aromatic rings. The second-order valence-electron chi connectivity index (χ2n) is 4.08. The number of rotatable bonds is 3. The molecule has 0 amide bonds. The number of nitrogens with zero attached hydrogens (tertiary/aromatic N) is 1. The van der Waals surface area contributed by atoms with Gasteiger partial charge in [-0.2, -0.15) is 5.26 Å². The number of anilines is 1. The summed E-state index contributed by atoms with van der Waals surface area (Å²) in [7, 11) is 0. The fraction of sp³-hybridized carbons (Fsp3) is 0.133. The lowest BCUT2D eigenvalue weighted by Gasteiger charge is -2.16. The predicted molar refractivity (Wildman–Crippen MR) is 69.6 cm³/mol. The van der Waals surface area contributed by atoms with E-state index in [9.17, 15) is 4.39 Å². The van der Waals surface area contributed by atoms with E-state index in [0.717, 1.165) is 5.56 Å². The molecule has 1 unspecified atom stereocenters. The molecule has 2 aromatic carbocycles. The van der Waals surface area contributed by atoms with E-state index < -0.39 is 5.82 Å². The Hall–Kier alpha value is -2.34. The maximum Gasteiger partial charge on any atom is 0.147 e. The second kappa shape index (κ2) is 5.33. The van der Waals surface area contributed by atoms with Crippen LogP contribution in [0.5, 0.6) is 0 Å². The SMILES string of the molecule is CC(Nc1ccc(C#N)cc1F)c1ccccc1. The van der Waals surface area contributed by atoms with Crippen molar-refractivity contribution in [1.29, 1.82) is 5.26 Å². The van der Waals surface area contributed by atoms with Crippen LogP contribution < -0.4 is 5.32 Å². The van der Waals surface area contributed by atoms with Crippen LogP contribution in [0, 0.1) is 17.1 Å². The minimum atomic E-state index is -0.406. The number of nitrogens with one attached hydrogen (secondary N) is 1. The fourth-order valence-electron chi connectivity index (χ4n) is 1.76. The van der Waals surface area contributed by atoms with Gasteiger partial charge in [0.05, 0.1) is 17.3 Å². The van der Waals surface area contributed by atoms with Crippen LogP contribution >= 0.6 is 0 Å². The van der Waals surface area contributed by atoms with Gasteiger partial charge < -0.3 is 5.32 Å². The predicted octanol–water partition coefficient (Wildman–Crippen LogP) is 3.87. The summed E-state index contributed by atoms with van der Waals surface area (Å²) in [4.78, 5) is 0. The topological polar surface area (TPSA) is 35.8 Å². The molecule has 0 aromatic heterocycles. The summed E-state index contributed by atoms with van der Waals surface area (Å²) in [5, 5.41) is 11.8. The standard InChI is InChI=1S/C15H13FN2/c1-11(13-5-3-2-4-6-13)18-15-8-7-12(10-17)9-14(15)16/h2-9,11,18H,1H3. The van der Waals surface area contributed by atoms with Gasteiger partial charge in [-0.1, -0.05) is 30.3 Å². The Morgan fingerprint density at radius 1 is 1.17 bits per heavy atom. The Morgan fingerprint density at radius 3 is 2.50 bits per heavy atom. The number of hydrogen-bond donors (Lipinski definition) is 1. The van der Waals surface area contributed by atoms with Crippen molar-refractivity contribution < 1.29 is 4.39 Å². The van der Waals surface area contributed by atoms with Gasteiger partial charge in [-0.25, -0.2) is 4.39 Å². The first kappa shape index (κ1) is 12.1. The van der Waals surface area contributed by atoms with Gasteiger partial charge in [-0.3, -0.25) is 0 Å². The number of benzene rings is 2. The molecular weight excluding hydrogens is 227 g/mol. The molecule has 2 nitrogen and oxygen atoms in total. The van der Waals surface area contributed by atoms with E-state index in [1.54, 1.807) is 12.1 Å². The van der Waals surface area contributed by atoms with Crippen molar-refractivity contribution in [2.45, 2.75) is 13.0 Å². The molecule has 0 aliphatic carbocycles. The largest absolute Gasteiger partial charge is 0.376 e. The van der Waals surface area contributed by atoms with Gasteiger partial charge in [-0.05, 0) is 30.7 Å². The van der Waals surface area contributed by atoms with E-state index in [1.807, 2.05) is 43.3 Å². The molecule has 1 atom stereocenters. The average Bonchev–Trinajstić information content (AvgIpc) is 2.42.